The lowest BCUT2D eigenvalue weighted by molar-refractivity contribution is 0.965. The van der Waals surface area contributed by atoms with Crippen LogP contribution in [0.25, 0.3) is 0 Å². The zero-order chi connectivity index (χ0) is 12.4. The molecule has 2 rings (SSSR count). The molecule has 2 N–H and O–H groups in total. The molecule has 1 heterocycles. The van der Waals surface area contributed by atoms with Crippen LogP contribution in [0.4, 0.5) is 5.82 Å². The highest BCUT2D eigenvalue weighted by atomic mass is 127. The van der Waals surface area contributed by atoms with Gasteiger partial charge in [-0.25, -0.2) is 9.97 Å². The molecule has 0 saturated heterocycles. The predicted molar refractivity (Wildman–Crippen MR) is 77.9 cm³/mol. The average Bonchev–Trinajstić information content (AvgIpc) is 2.22. The van der Waals surface area contributed by atoms with E-state index < -0.39 is 0 Å². The summed E-state index contributed by atoms with van der Waals surface area (Å²) < 4.78 is 0.895. The summed E-state index contributed by atoms with van der Waals surface area (Å²) in [5.41, 5.74) is 9.53. The number of halogens is 1. The number of nitrogens with two attached hydrogens (primary N) is 1. The zero-order valence-corrected chi connectivity index (χ0v) is 12.0. The number of benzene rings is 1. The lowest BCUT2D eigenvalue weighted by Crippen LogP contribution is -2.02. The maximum Gasteiger partial charge on any atom is 0.140 e. The fraction of sp³-hybridized carbons (Fsp3) is 0.231. The molecule has 1 aromatic carbocycles. The van der Waals surface area contributed by atoms with Crippen molar-refractivity contribution in [2.24, 2.45) is 0 Å². The van der Waals surface area contributed by atoms with E-state index >= 15 is 0 Å². The summed E-state index contributed by atoms with van der Waals surface area (Å²) in [6.45, 7) is 4.19. The van der Waals surface area contributed by atoms with Crippen LogP contribution in [0.2, 0.25) is 0 Å². The number of nitrogen functional groups attached to an aromatic ring is 1. The van der Waals surface area contributed by atoms with Crippen LogP contribution in [0.15, 0.2) is 24.4 Å². The van der Waals surface area contributed by atoms with E-state index in [2.05, 4.69) is 64.6 Å². The van der Waals surface area contributed by atoms with Gasteiger partial charge in [-0.05, 0) is 42.0 Å². The van der Waals surface area contributed by atoms with E-state index in [0.29, 0.717) is 5.82 Å². The fourth-order valence-electron chi connectivity index (χ4n) is 1.86. The van der Waals surface area contributed by atoms with E-state index in [4.69, 9.17) is 5.73 Å². The molecular weight excluding hydrogens is 325 g/mol. The van der Waals surface area contributed by atoms with Gasteiger partial charge < -0.3 is 5.73 Å². The van der Waals surface area contributed by atoms with Crippen molar-refractivity contribution in [2.75, 3.05) is 5.73 Å². The Bertz CT molecular complexity index is 532. The number of nitrogens with zero attached hydrogens (tertiary/aromatic N) is 2. The summed E-state index contributed by atoms with van der Waals surface area (Å²) in [4.78, 5) is 8.58. The van der Waals surface area contributed by atoms with Gasteiger partial charge in [-0.1, -0.05) is 29.3 Å². The van der Waals surface area contributed by atoms with Crippen LogP contribution in [-0.4, -0.2) is 9.97 Å². The number of anilines is 1. The van der Waals surface area contributed by atoms with E-state index in [1.165, 1.54) is 16.7 Å². The zero-order valence-electron chi connectivity index (χ0n) is 9.87. The van der Waals surface area contributed by atoms with Gasteiger partial charge in [0.1, 0.15) is 11.6 Å². The number of aryl methyl sites for hydroxylation is 2. The van der Waals surface area contributed by atoms with Gasteiger partial charge >= 0.3 is 0 Å². The highest BCUT2D eigenvalue weighted by molar-refractivity contribution is 14.1. The first kappa shape index (κ1) is 12.3. The normalized spacial score (nSPS) is 10.5. The Morgan fingerprint density at radius 2 is 1.82 bits per heavy atom. The lowest BCUT2D eigenvalue weighted by Gasteiger charge is -2.05. The molecule has 0 fully saturated rings. The first-order valence-electron chi connectivity index (χ1n) is 5.38. The molecule has 0 unspecified atom stereocenters. The number of hydrogen-bond donors (Lipinski definition) is 1. The monoisotopic (exact) mass is 339 g/mol. The van der Waals surface area contributed by atoms with E-state index in [-0.39, 0.29) is 0 Å². The Morgan fingerprint density at radius 1 is 1.18 bits per heavy atom. The molecule has 88 valence electrons. The second-order valence-electron chi connectivity index (χ2n) is 4.19. The third-order valence-corrected chi connectivity index (χ3v) is 3.30. The average molecular weight is 339 g/mol. The predicted octanol–water partition coefficient (Wildman–Crippen LogP) is 2.87. The number of rotatable bonds is 2. The molecule has 0 amide bonds. The molecule has 0 spiro atoms. The standard InChI is InChI=1S/C13H14IN3/c1-8-3-9(2)5-10(4-8)6-12-16-7-11(14)13(15)17-12/h3-5,7H,6H2,1-2H3,(H2,15,16,17). The Labute approximate surface area is 115 Å². The molecule has 0 aliphatic carbocycles. The van der Waals surface area contributed by atoms with Crippen molar-refractivity contribution in [1.82, 2.24) is 9.97 Å². The summed E-state index contributed by atoms with van der Waals surface area (Å²) in [7, 11) is 0. The summed E-state index contributed by atoms with van der Waals surface area (Å²) in [5.74, 6) is 1.33. The van der Waals surface area contributed by atoms with Crippen molar-refractivity contribution in [3.63, 3.8) is 0 Å². The van der Waals surface area contributed by atoms with Crippen molar-refractivity contribution in [1.29, 1.82) is 0 Å². The van der Waals surface area contributed by atoms with Crippen LogP contribution in [0.3, 0.4) is 0 Å². The minimum atomic E-state index is 0.556. The van der Waals surface area contributed by atoms with Gasteiger partial charge in [0.15, 0.2) is 0 Å². The molecule has 0 atom stereocenters. The van der Waals surface area contributed by atoms with Gasteiger partial charge in [-0.2, -0.15) is 0 Å². The molecule has 4 heteroatoms. The third-order valence-electron chi connectivity index (χ3n) is 2.46. The van der Waals surface area contributed by atoms with E-state index in [0.717, 1.165) is 15.8 Å². The molecule has 0 radical (unpaired) electrons. The first-order valence-corrected chi connectivity index (χ1v) is 6.46. The van der Waals surface area contributed by atoms with Crippen LogP contribution in [0.5, 0.6) is 0 Å². The third kappa shape index (κ3) is 3.15. The van der Waals surface area contributed by atoms with Gasteiger partial charge in [0.2, 0.25) is 0 Å². The van der Waals surface area contributed by atoms with Gasteiger partial charge in [0.05, 0.1) is 3.57 Å². The van der Waals surface area contributed by atoms with Crippen LogP contribution in [0, 0.1) is 17.4 Å². The van der Waals surface area contributed by atoms with Gasteiger partial charge in [0.25, 0.3) is 0 Å². The van der Waals surface area contributed by atoms with E-state index in [1.807, 2.05) is 0 Å². The quantitative estimate of drug-likeness (QED) is 0.856. The molecule has 0 saturated carbocycles. The van der Waals surface area contributed by atoms with Crippen LogP contribution in [-0.2, 0) is 6.42 Å². The van der Waals surface area contributed by atoms with Crippen LogP contribution >= 0.6 is 22.6 Å². The molecule has 2 aromatic rings. The molecule has 0 bridgehead atoms. The second kappa shape index (κ2) is 5.00. The van der Waals surface area contributed by atoms with Gasteiger partial charge in [-0.15, -0.1) is 0 Å². The summed E-state index contributed by atoms with van der Waals surface area (Å²) in [6.07, 6.45) is 2.49. The fourth-order valence-corrected chi connectivity index (χ4v) is 2.12. The summed E-state index contributed by atoms with van der Waals surface area (Å²) in [6, 6.07) is 6.47. The minimum Gasteiger partial charge on any atom is -0.383 e. The molecular formula is C13H14IN3. The van der Waals surface area contributed by atoms with Crippen molar-refractivity contribution >= 4 is 28.4 Å². The molecule has 1 aromatic heterocycles. The van der Waals surface area contributed by atoms with E-state index in [9.17, 15) is 0 Å². The van der Waals surface area contributed by atoms with Crippen molar-refractivity contribution in [3.8, 4) is 0 Å². The molecule has 3 nitrogen and oxygen atoms in total. The Morgan fingerprint density at radius 3 is 2.41 bits per heavy atom. The summed E-state index contributed by atoms with van der Waals surface area (Å²) in [5, 5.41) is 0. The van der Waals surface area contributed by atoms with Gasteiger partial charge in [-0.3, -0.25) is 0 Å². The molecule has 17 heavy (non-hydrogen) atoms. The highest BCUT2D eigenvalue weighted by Crippen LogP contribution is 2.14. The van der Waals surface area contributed by atoms with Crippen molar-refractivity contribution < 1.29 is 0 Å². The first-order chi connectivity index (χ1) is 8.04. The van der Waals surface area contributed by atoms with Gasteiger partial charge in [0, 0.05) is 12.6 Å². The Kier molecular flexibility index (Phi) is 3.61. The number of aromatic nitrogens is 2. The topological polar surface area (TPSA) is 51.8 Å². The highest BCUT2D eigenvalue weighted by Gasteiger charge is 2.04. The maximum absolute atomic E-state index is 5.78. The SMILES string of the molecule is Cc1cc(C)cc(Cc2ncc(I)c(N)n2)c1. The lowest BCUT2D eigenvalue weighted by atomic mass is 10.0. The number of hydrogen-bond acceptors (Lipinski definition) is 3. The Hall–Kier alpha value is -1.17. The molecule has 0 aliphatic rings. The maximum atomic E-state index is 5.78. The van der Waals surface area contributed by atoms with Crippen LogP contribution in [0.1, 0.15) is 22.5 Å². The largest absolute Gasteiger partial charge is 0.383 e. The van der Waals surface area contributed by atoms with E-state index in [1.54, 1.807) is 6.20 Å². The Balaban J connectivity index is 2.28. The summed E-state index contributed by atoms with van der Waals surface area (Å²) >= 11 is 2.13. The van der Waals surface area contributed by atoms with Crippen molar-refractivity contribution in [3.05, 3.63) is 50.5 Å². The molecule has 0 aliphatic heterocycles. The van der Waals surface area contributed by atoms with Crippen LogP contribution < -0.4 is 5.73 Å². The minimum absolute atomic E-state index is 0.556. The van der Waals surface area contributed by atoms with Crippen molar-refractivity contribution in [2.45, 2.75) is 20.3 Å². The second-order valence-corrected chi connectivity index (χ2v) is 5.35. The smallest absolute Gasteiger partial charge is 0.140 e.